The van der Waals surface area contributed by atoms with E-state index in [1.807, 2.05) is 49.0 Å². The van der Waals surface area contributed by atoms with Crippen LogP contribution in [0.15, 0.2) is 40.2 Å². The van der Waals surface area contributed by atoms with E-state index in [4.69, 9.17) is 12.2 Å². The summed E-state index contributed by atoms with van der Waals surface area (Å²) in [5, 5.41) is 8.03. The number of para-hydroxylation sites is 1. The number of aromatic nitrogens is 2. The summed E-state index contributed by atoms with van der Waals surface area (Å²) in [5.74, 6) is 1.68. The minimum Gasteiger partial charge on any atom is -0.325 e. The topological polar surface area (TPSA) is 63.4 Å². The molecular weight excluding hydrogens is 382 g/mol. The zero-order valence-electron chi connectivity index (χ0n) is 17.9. The second-order valence-electron chi connectivity index (χ2n) is 8.34. The summed E-state index contributed by atoms with van der Waals surface area (Å²) in [4.78, 5) is 13.0. The zero-order valence-corrected chi connectivity index (χ0v) is 18.7. The number of hydrogen-bond acceptors (Lipinski definition) is 3. The van der Waals surface area contributed by atoms with E-state index in [0.29, 0.717) is 28.6 Å². The molecule has 0 amide bonds. The molecule has 0 spiro atoms. The molecule has 0 bridgehead atoms. The maximum Gasteiger partial charge on any atom is 0.295 e. The number of thiocarbonyl (C=S) groups is 1. The summed E-state index contributed by atoms with van der Waals surface area (Å²) in [5.41, 5.74) is 6.10. The van der Waals surface area contributed by atoms with Gasteiger partial charge in [0.25, 0.3) is 5.56 Å². The van der Waals surface area contributed by atoms with Crippen LogP contribution in [0.2, 0.25) is 0 Å². The average Bonchev–Trinajstić information content (AvgIpc) is 2.90. The molecule has 1 aliphatic carbocycles. The highest BCUT2D eigenvalue weighted by molar-refractivity contribution is 7.80. The molecule has 6 nitrogen and oxygen atoms in total. The summed E-state index contributed by atoms with van der Waals surface area (Å²) in [6.07, 6.45) is 3.40. The number of benzene rings is 1. The van der Waals surface area contributed by atoms with Crippen LogP contribution in [-0.4, -0.2) is 20.2 Å². The van der Waals surface area contributed by atoms with Crippen LogP contribution in [-0.2, 0) is 7.05 Å². The van der Waals surface area contributed by atoms with E-state index in [1.165, 1.54) is 18.6 Å². The van der Waals surface area contributed by atoms with E-state index in [9.17, 15) is 4.79 Å². The maximum atomic E-state index is 13.0. The van der Waals surface area contributed by atoms with Crippen molar-refractivity contribution in [2.75, 3.05) is 5.32 Å². The first-order chi connectivity index (χ1) is 13.8. The van der Waals surface area contributed by atoms with Crippen LogP contribution in [0.4, 0.5) is 5.69 Å². The Bertz CT molecular complexity index is 958. The summed E-state index contributed by atoms with van der Waals surface area (Å²) < 4.78 is 3.45. The standard InChI is InChI=1S/C22H31N5OS/c1-14(2)18-12-11-15(3)13-19(18)24-25-22(29)23-20-16(4)26(5)27(21(20)28)17-9-7-6-8-10-17/h6-10,14-15,18H,11-13H2,1-5H3,(H2,23,25,29)/t15-,18-/m0/s1. The maximum absolute atomic E-state index is 13.0. The van der Waals surface area contributed by atoms with Gasteiger partial charge in [-0.3, -0.25) is 14.9 Å². The Morgan fingerprint density at radius 2 is 1.93 bits per heavy atom. The number of hydrazone groups is 1. The highest BCUT2D eigenvalue weighted by Crippen LogP contribution is 2.31. The summed E-state index contributed by atoms with van der Waals surface area (Å²) in [6.45, 7) is 8.65. The summed E-state index contributed by atoms with van der Waals surface area (Å²) >= 11 is 5.44. The lowest BCUT2D eigenvalue weighted by Crippen LogP contribution is -2.33. The predicted octanol–water partition coefficient (Wildman–Crippen LogP) is 4.22. The molecule has 3 rings (SSSR count). The molecule has 2 aromatic rings. The molecule has 1 aromatic carbocycles. The summed E-state index contributed by atoms with van der Waals surface area (Å²) in [7, 11) is 1.86. The molecule has 1 heterocycles. The molecule has 1 saturated carbocycles. The smallest absolute Gasteiger partial charge is 0.295 e. The van der Waals surface area contributed by atoms with Crippen molar-refractivity contribution < 1.29 is 0 Å². The third-order valence-corrected chi connectivity index (χ3v) is 6.05. The van der Waals surface area contributed by atoms with Crippen molar-refractivity contribution in [3.63, 3.8) is 0 Å². The first-order valence-corrected chi connectivity index (χ1v) is 10.7. The van der Waals surface area contributed by atoms with Crippen LogP contribution in [0.1, 0.15) is 45.7 Å². The van der Waals surface area contributed by atoms with E-state index in [2.05, 4.69) is 36.6 Å². The first kappa shape index (κ1) is 21.3. The monoisotopic (exact) mass is 413 g/mol. The Balaban J connectivity index is 1.78. The molecule has 0 radical (unpaired) electrons. The zero-order chi connectivity index (χ0) is 21.1. The highest BCUT2D eigenvalue weighted by Gasteiger charge is 2.27. The van der Waals surface area contributed by atoms with E-state index in [0.717, 1.165) is 17.8 Å². The lowest BCUT2D eigenvalue weighted by atomic mass is 9.76. The normalized spacial score (nSPS) is 20.8. The van der Waals surface area contributed by atoms with Gasteiger partial charge in [-0.2, -0.15) is 5.10 Å². The Morgan fingerprint density at radius 1 is 1.24 bits per heavy atom. The van der Waals surface area contributed by atoms with Gasteiger partial charge in [0.1, 0.15) is 5.69 Å². The Kier molecular flexibility index (Phi) is 6.57. The van der Waals surface area contributed by atoms with Crippen LogP contribution in [0.3, 0.4) is 0 Å². The second-order valence-corrected chi connectivity index (χ2v) is 8.75. The van der Waals surface area contributed by atoms with Gasteiger partial charge in [0.2, 0.25) is 0 Å². The minimum atomic E-state index is -0.139. The molecule has 1 aromatic heterocycles. The second kappa shape index (κ2) is 8.95. The third-order valence-electron chi connectivity index (χ3n) is 5.85. The number of nitrogens with one attached hydrogen (secondary N) is 2. The van der Waals surface area contributed by atoms with E-state index < -0.39 is 0 Å². The van der Waals surface area contributed by atoms with Crippen molar-refractivity contribution in [1.82, 2.24) is 14.8 Å². The number of rotatable bonds is 4. The molecule has 156 valence electrons. The SMILES string of the molecule is Cc1c(NC(=S)NN=C2C[C@@H](C)CC[C@H]2C(C)C)c(=O)n(-c2ccccc2)n1C. The lowest BCUT2D eigenvalue weighted by Gasteiger charge is -2.30. The van der Waals surface area contributed by atoms with Gasteiger partial charge >= 0.3 is 0 Å². The van der Waals surface area contributed by atoms with Crippen molar-refractivity contribution >= 4 is 28.7 Å². The highest BCUT2D eigenvalue weighted by atomic mass is 32.1. The largest absolute Gasteiger partial charge is 0.325 e. The molecule has 0 aliphatic heterocycles. The van der Waals surface area contributed by atoms with Crippen molar-refractivity contribution in [1.29, 1.82) is 0 Å². The quantitative estimate of drug-likeness (QED) is 0.582. The molecule has 1 fully saturated rings. The van der Waals surface area contributed by atoms with Gasteiger partial charge in [-0.1, -0.05) is 39.0 Å². The van der Waals surface area contributed by atoms with E-state index >= 15 is 0 Å². The summed E-state index contributed by atoms with van der Waals surface area (Å²) in [6, 6.07) is 9.57. The fourth-order valence-electron chi connectivity index (χ4n) is 4.06. The Morgan fingerprint density at radius 3 is 2.59 bits per heavy atom. The molecule has 0 unspecified atom stereocenters. The third kappa shape index (κ3) is 4.61. The molecule has 1 aliphatic rings. The number of nitrogens with zero attached hydrogens (tertiary/aromatic N) is 3. The van der Waals surface area contributed by atoms with Gasteiger partial charge in [0.15, 0.2) is 5.11 Å². The van der Waals surface area contributed by atoms with Gasteiger partial charge in [-0.05, 0) is 62.4 Å². The lowest BCUT2D eigenvalue weighted by molar-refractivity contribution is 0.363. The van der Waals surface area contributed by atoms with Crippen LogP contribution in [0, 0.1) is 24.7 Å². The molecular formula is C22H31N5OS. The van der Waals surface area contributed by atoms with E-state index in [-0.39, 0.29) is 5.56 Å². The molecule has 2 atom stereocenters. The number of anilines is 1. The van der Waals surface area contributed by atoms with Crippen molar-refractivity contribution in [2.45, 2.75) is 47.0 Å². The fraction of sp³-hybridized carbons (Fsp3) is 0.500. The van der Waals surface area contributed by atoms with Crippen molar-refractivity contribution in [3.8, 4) is 5.69 Å². The van der Waals surface area contributed by atoms with Gasteiger partial charge in [-0.25, -0.2) is 4.68 Å². The first-order valence-electron chi connectivity index (χ1n) is 10.3. The van der Waals surface area contributed by atoms with Gasteiger partial charge in [-0.15, -0.1) is 0 Å². The Labute approximate surface area is 178 Å². The van der Waals surface area contributed by atoms with Gasteiger partial charge in [0.05, 0.1) is 11.4 Å². The minimum absolute atomic E-state index is 0.139. The Hall–Kier alpha value is -2.41. The van der Waals surface area contributed by atoms with Crippen LogP contribution in [0.25, 0.3) is 5.69 Å². The number of hydrogen-bond donors (Lipinski definition) is 2. The molecule has 7 heteroatoms. The van der Waals surface area contributed by atoms with Crippen molar-refractivity contribution in [3.05, 3.63) is 46.4 Å². The van der Waals surface area contributed by atoms with Gasteiger partial charge in [0, 0.05) is 18.7 Å². The fourth-order valence-corrected chi connectivity index (χ4v) is 4.21. The predicted molar refractivity (Wildman–Crippen MR) is 124 cm³/mol. The van der Waals surface area contributed by atoms with Crippen LogP contribution >= 0.6 is 12.2 Å². The molecule has 29 heavy (non-hydrogen) atoms. The molecule has 2 N–H and O–H groups in total. The average molecular weight is 414 g/mol. The van der Waals surface area contributed by atoms with Gasteiger partial charge < -0.3 is 5.32 Å². The molecule has 0 saturated heterocycles. The van der Waals surface area contributed by atoms with Crippen molar-refractivity contribution in [2.24, 2.45) is 29.9 Å². The van der Waals surface area contributed by atoms with E-state index in [1.54, 1.807) is 4.68 Å². The van der Waals surface area contributed by atoms with Crippen LogP contribution in [0.5, 0.6) is 0 Å². The van der Waals surface area contributed by atoms with Crippen LogP contribution < -0.4 is 16.3 Å².